The first-order valence-electron chi connectivity index (χ1n) is 10.3. The van der Waals surface area contributed by atoms with Crippen LogP contribution < -0.4 is 4.90 Å². The summed E-state index contributed by atoms with van der Waals surface area (Å²) in [5, 5.41) is 0. The number of carbonyl (C=O) groups is 1. The van der Waals surface area contributed by atoms with Gasteiger partial charge in [0.05, 0.1) is 0 Å². The molecule has 1 atom stereocenters. The molecule has 4 rings (SSSR count). The molecule has 5 nitrogen and oxygen atoms in total. The van der Waals surface area contributed by atoms with E-state index in [4.69, 9.17) is 4.98 Å². The largest absolute Gasteiger partial charge is 0.354 e. The van der Waals surface area contributed by atoms with Crippen molar-refractivity contribution in [3.63, 3.8) is 0 Å². The van der Waals surface area contributed by atoms with Crippen LogP contribution in [0, 0.1) is 0 Å². The SMILES string of the molecule is CCC1CCCCN1c1cc(C(=O)N2CCCC2)nc(-c2ccccc2)n1. The lowest BCUT2D eigenvalue weighted by atomic mass is 10.00. The zero-order valence-corrected chi connectivity index (χ0v) is 16.1. The number of amides is 1. The highest BCUT2D eigenvalue weighted by Gasteiger charge is 2.26. The van der Waals surface area contributed by atoms with Gasteiger partial charge in [0.1, 0.15) is 11.5 Å². The van der Waals surface area contributed by atoms with Gasteiger partial charge in [0, 0.05) is 37.3 Å². The molecule has 0 N–H and O–H groups in total. The van der Waals surface area contributed by atoms with Gasteiger partial charge in [-0.2, -0.15) is 0 Å². The van der Waals surface area contributed by atoms with Gasteiger partial charge in [-0.1, -0.05) is 37.3 Å². The average Bonchev–Trinajstić information content (AvgIpc) is 3.28. The summed E-state index contributed by atoms with van der Waals surface area (Å²) in [7, 11) is 0. The maximum atomic E-state index is 13.0. The first-order chi connectivity index (χ1) is 13.3. The molecule has 142 valence electrons. The molecule has 0 bridgehead atoms. The average molecular weight is 364 g/mol. The number of aromatic nitrogens is 2. The summed E-state index contributed by atoms with van der Waals surface area (Å²) in [6.07, 6.45) is 6.90. The van der Waals surface area contributed by atoms with Gasteiger partial charge >= 0.3 is 0 Å². The fourth-order valence-electron chi connectivity index (χ4n) is 4.22. The molecule has 5 heteroatoms. The minimum Gasteiger partial charge on any atom is -0.354 e. The van der Waals surface area contributed by atoms with Gasteiger partial charge in [0.15, 0.2) is 5.82 Å². The van der Waals surface area contributed by atoms with Gasteiger partial charge in [0.2, 0.25) is 0 Å². The van der Waals surface area contributed by atoms with Crippen LogP contribution >= 0.6 is 0 Å². The standard InChI is InChI=1S/C22H28N4O/c1-2-18-12-6-7-15-26(18)20-16-19(22(27)25-13-8-9-14-25)23-21(24-20)17-10-4-3-5-11-17/h3-5,10-11,16,18H,2,6-9,12-15H2,1H3. The van der Waals surface area contributed by atoms with Crippen molar-refractivity contribution in [3.05, 3.63) is 42.1 Å². The minimum absolute atomic E-state index is 0.0402. The van der Waals surface area contributed by atoms with E-state index in [1.54, 1.807) is 0 Å². The maximum Gasteiger partial charge on any atom is 0.272 e. The third-order valence-corrected chi connectivity index (χ3v) is 5.75. The van der Waals surface area contributed by atoms with Crippen LogP contribution in [0.3, 0.4) is 0 Å². The first kappa shape index (κ1) is 18.0. The number of hydrogen-bond acceptors (Lipinski definition) is 4. The fourth-order valence-corrected chi connectivity index (χ4v) is 4.22. The molecule has 2 aromatic rings. The van der Waals surface area contributed by atoms with Gasteiger partial charge in [-0.15, -0.1) is 0 Å². The van der Waals surface area contributed by atoms with Crippen molar-refractivity contribution in [2.45, 2.75) is 51.5 Å². The van der Waals surface area contributed by atoms with Gasteiger partial charge in [-0.05, 0) is 38.5 Å². The van der Waals surface area contributed by atoms with Crippen LogP contribution in [0.1, 0.15) is 55.9 Å². The number of hydrogen-bond donors (Lipinski definition) is 0. The van der Waals surface area contributed by atoms with Gasteiger partial charge in [-0.25, -0.2) is 9.97 Å². The summed E-state index contributed by atoms with van der Waals surface area (Å²) >= 11 is 0. The molecule has 0 radical (unpaired) electrons. The third kappa shape index (κ3) is 3.82. The van der Waals surface area contributed by atoms with E-state index in [0.717, 1.165) is 50.3 Å². The van der Waals surface area contributed by atoms with Crippen molar-refractivity contribution < 1.29 is 4.79 Å². The number of anilines is 1. The summed E-state index contributed by atoms with van der Waals surface area (Å²) in [6, 6.07) is 12.4. The van der Waals surface area contributed by atoms with Crippen LogP contribution in [0.15, 0.2) is 36.4 Å². The Bertz CT molecular complexity index is 786. The van der Waals surface area contributed by atoms with E-state index in [2.05, 4.69) is 16.8 Å². The van der Waals surface area contributed by atoms with E-state index >= 15 is 0 Å². The molecular formula is C22H28N4O. The molecule has 1 unspecified atom stereocenters. The zero-order valence-electron chi connectivity index (χ0n) is 16.1. The number of piperidine rings is 1. The summed E-state index contributed by atoms with van der Waals surface area (Å²) in [5.74, 6) is 1.59. The molecule has 1 aromatic heterocycles. The second-order valence-electron chi connectivity index (χ2n) is 7.55. The molecule has 2 fully saturated rings. The second kappa shape index (κ2) is 8.07. The Labute approximate surface area is 161 Å². The van der Waals surface area contributed by atoms with Crippen LogP contribution in [-0.2, 0) is 0 Å². The van der Waals surface area contributed by atoms with Crippen LogP contribution in [0.25, 0.3) is 11.4 Å². The Morgan fingerprint density at radius 2 is 1.78 bits per heavy atom. The summed E-state index contributed by atoms with van der Waals surface area (Å²) in [6.45, 7) is 4.90. The molecule has 27 heavy (non-hydrogen) atoms. The molecular weight excluding hydrogens is 336 g/mol. The van der Waals surface area contributed by atoms with Crippen molar-refractivity contribution in [3.8, 4) is 11.4 Å². The van der Waals surface area contributed by atoms with E-state index < -0.39 is 0 Å². The topological polar surface area (TPSA) is 49.3 Å². The number of rotatable bonds is 4. The Kier molecular flexibility index (Phi) is 5.37. The first-order valence-corrected chi connectivity index (χ1v) is 10.3. The maximum absolute atomic E-state index is 13.0. The molecule has 0 spiro atoms. The summed E-state index contributed by atoms with van der Waals surface area (Å²) < 4.78 is 0. The van der Waals surface area contributed by atoms with E-state index in [9.17, 15) is 4.79 Å². The third-order valence-electron chi connectivity index (χ3n) is 5.75. The van der Waals surface area contributed by atoms with E-state index in [1.807, 2.05) is 41.3 Å². The smallest absolute Gasteiger partial charge is 0.272 e. The molecule has 3 heterocycles. The lowest BCUT2D eigenvalue weighted by molar-refractivity contribution is 0.0787. The number of nitrogens with zero attached hydrogens (tertiary/aromatic N) is 4. The Hall–Kier alpha value is -2.43. The van der Waals surface area contributed by atoms with Gasteiger partial charge in [0.25, 0.3) is 5.91 Å². The highest BCUT2D eigenvalue weighted by atomic mass is 16.2. The number of carbonyl (C=O) groups excluding carboxylic acids is 1. The lowest BCUT2D eigenvalue weighted by Crippen LogP contribution is -2.40. The summed E-state index contributed by atoms with van der Waals surface area (Å²) in [4.78, 5) is 26.9. The molecule has 2 aliphatic heterocycles. The van der Waals surface area contributed by atoms with E-state index in [0.29, 0.717) is 17.6 Å². The molecule has 0 saturated carbocycles. The van der Waals surface area contributed by atoms with Crippen molar-refractivity contribution in [1.82, 2.24) is 14.9 Å². The molecule has 2 aliphatic rings. The monoisotopic (exact) mass is 364 g/mol. The predicted molar refractivity (Wildman–Crippen MR) is 108 cm³/mol. The van der Waals surface area contributed by atoms with Crippen molar-refractivity contribution in [2.24, 2.45) is 0 Å². The normalized spacial score (nSPS) is 20.1. The predicted octanol–water partition coefficient (Wildman–Crippen LogP) is 4.15. The molecule has 2 saturated heterocycles. The highest BCUT2D eigenvalue weighted by Crippen LogP contribution is 2.28. The Morgan fingerprint density at radius 1 is 1.04 bits per heavy atom. The van der Waals surface area contributed by atoms with Crippen molar-refractivity contribution in [2.75, 3.05) is 24.5 Å². The van der Waals surface area contributed by atoms with Crippen molar-refractivity contribution in [1.29, 1.82) is 0 Å². The Balaban J connectivity index is 1.75. The zero-order chi connectivity index (χ0) is 18.6. The summed E-state index contributed by atoms with van der Waals surface area (Å²) in [5.41, 5.74) is 1.49. The van der Waals surface area contributed by atoms with Crippen LogP contribution in [0.2, 0.25) is 0 Å². The number of benzene rings is 1. The van der Waals surface area contributed by atoms with Crippen LogP contribution in [-0.4, -0.2) is 46.5 Å². The van der Waals surface area contributed by atoms with Crippen molar-refractivity contribution >= 4 is 11.7 Å². The highest BCUT2D eigenvalue weighted by molar-refractivity contribution is 5.93. The number of likely N-dealkylation sites (tertiary alicyclic amines) is 1. The quantitative estimate of drug-likeness (QED) is 0.818. The van der Waals surface area contributed by atoms with E-state index in [-0.39, 0.29) is 5.91 Å². The van der Waals surface area contributed by atoms with Gasteiger partial charge < -0.3 is 9.80 Å². The molecule has 1 amide bonds. The van der Waals surface area contributed by atoms with Gasteiger partial charge in [-0.3, -0.25) is 4.79 Å². The Morgan fingerprint density at radius 3 is 2.52 bits per heavy atom. The van der Waals surface area contributed by atoms with E-state index in [1.165, 1.54) is 19.3 Å². The fraction of sp³-hybridized carbons (Fsp3) is 0.500. The molecule has 1 aromatic carbocycles. The molecule has 0 aliphatic carbocycles. The van der Waals surface area contributed by atoms with Crippen LogP contribution in [0.5, 0.6) is 0 Å². The lowest BCUT2D eigenvalue weighted by Gasteiger charge is -2.36. The minimum atomic E-state index is 0.0402. The van der Waals surface area contributed by atoms with Crippen LogP contribution in [0.4, 0.5) is 5.82 Å². The second-order valence-corrected chi connectivity index (χ2v) is 7.55.